The van der Waals surface area contributed by atoms with Crippen molar-refractivity contribution in [3.05, 3.63) is 64.8 Å². The van der Waals surface area contributed by atoms with Crippen molar-refractivity contribution in [2.45, 2.75) is 12.1 Å². The molecule has 0 fully saturated rings. The summed E-state index contributed by atoms with van der Waals surface area (Å²) in [6.07, 6.45) is 1.84. The van der Waals surface area contributed by atoms with E-state index in [4.69, 9.17) is 0 Å². The van der Waals surface area contributed by atoms with Gasteiger partial charge in [0.2, 0.25) is 5.91 Å². The number of nitrogens with zero attached hydrogens (tertiary/aromatic N) is 2. The molecule has 2 aromatic carbocycles. The second-order valence-corrected chi connectivity index (χ2v) is 7.55. The minimum absolute atomic E-state index is 0.0398. The fourth-order valence-electron chi connectivity index (χ4n) is 2.38. The highest BCUT2D eigenvalue weighted by Crippen LogP contribution is 2.26. The number of rotatable bonds is 5. The molecule has 3 rings (SSSR count). The Morgan fingerprint density at radius 3 is 2.52 bits per heavy atom. The van der Waals surface area contributed by atoms with Crippen LogP contribution in [-0.2, 0) is 11.8 Å². The fraction of sp³-hybridized carbons (Fsp3) is 0.158. The molecule has 0 bridgehead atoms. The average molecular weight is 416 g/mol. The van der Waals surface area contributed by atoms with Gasteiger partial charge in [0.25, 0.3) is 0 Å². The van der Waals surface area contributed by atoms with Gasteiger partial charge in [-0.05, 0) is 36.8 Å². The van der Waals surface area contributed by atoms with Crippen LogP contribution in [0, 0.1) is 6.92 Å². The molecule has 0 atom stereocenters. The van der Waals surface area contributed by atoms with Crippen LogP contribution in [-0.4, -0.2) is 21.2 Å². The topological polar surface area (TPSA) is 46.9 Å². The molecule has 0 saturated heterocycles. The van der Waals surface area contributed by atoms with Gasteiger partial charge in [0.1, 0.15) is 0 Å². The van der Waals surface area contributed by atoms with Crippen LogP contribution in [0.1, 0.15) is 5.56 Å². The summed E-state index contributed by atoms with van der Waals surface area (Å²) >= 11 is 4.87. The van der Waals surface area contributed by atoms with Crippen LogP contribution >= 0.6 is 27.7 Å². The van der Waals surface area contributed by atoms with E-state index < -0.39 is 0 Å². The summed E-state index contributed by atoms with van der Waals surface area (Å²) in [6, 6.07) is 15.9. The molecule has 0 aliphatic heterocycles. The molecule has 0 saturated carbocycles. The smallest absolute Gasteiger partial charge is 0.234 e. The van der Waals surface area contributed by atoms with Crippen molar-refractivity contribution in [1.82, 2.24) is 9.55 Å². The minimum Gasteiger partial charge on any atom is -0.325 e. The Balaban J connectivity index is 1.62. The number of benzene rings is 2. The van der Waals surface area contributed by atoms with Gasteiger partial charge in [0.15, 0.2) is 5.16 Å². The SMILES string of the molecule is Cc1ccc(NC(=O)CSc2ncc(-c3ccc(Br)cc3)n2C)cc1. The number of carbonyl (C=O) groups excluding carboxylic acids is 1. The molecule has 1 aromatic heterocycles. The van der Waals surface area contributed by atoms with Gasteiger partial charge in [-0.25, -0.2) is 4.98 Å². The third-order valence-electron chi connectivity index (χ3n) is 3.75. The predicted molar refractivity (Wildman–Crippen MR) is 107 cm³/mol. The van der Waals surface area contributed by atoms with Gasteiger partial charge < -0.3 is 9.88 Å². The molecule has 0 unspecified atom stereocenters. The summed E-state index contributed by atoms with van der Waals surface area (Å²) in [7, 11) is 1.96. The fourth-order valence-corrected chi connectivity index (χ4v) is 3.40. The molecule has 25 heavy (non-hydrogen) atoms. The van der Waals surface area contributed by atoms with E-state index >= 15 is 0 Å². The zero-order chi connectivity index (χ0) is 17.8. The number of nitrogens with one attached hydrogen (secondary N) is 1. The van der Waals surface area contributed by atoms with Gasteiger partial charge in [-0.1, -0.05) is 57.5 Å². The van der Waals surface area contributed by atoms with Crippen LogP contribution in [0.3, 0.4) is 0 Å². The van der Waals surface area contributed by atoms with Crippen molar-refractivity contribution in [3.8, 4) is 11.3 Å². The lowest BCUT2D eigenvalue weighted by Crippen LogP contribution is -2.14. The van der Waals surface area contributed by atoms with Gasteiger partial charge in [-0.2, -0.15) is 0 Å². The second kappa shape index (κ2) is 7.89. The Hall–Kier alpha value is -2.05. The normalized spacial score (nSPS) is 10.7. The van der Waals surface area contributed by atoms with Crippen molar-refractivity contribution in [3.63, 3.8) is 0 Å². The van der Waals surface area contributed by atoms with Crippen molar-refractivity contribution >= 4 is 39.3 Å². The number of thioether (sulfide) groups is 1. The number of halogens is 1. The summed E-state index contributed by atoms with van der Waals surface area (Å²) < 4.78 is 3.05. The van der Waals surface area contributed by atoms with E-state index in [1.54, 1.807) is 0 Å². The number of hydrogen-bond acceptors (Lipinski definition) is 3. The molecule has 1 amide bonds. The van der Waals surface area contributed by atoms with Crippen molar-refractivity contribution < 1.29 is 4.79 Å². The maximum absolute atomic E-state index is 12.1. The van der Waals surface area contributed by atoms with Gasteiger partial charge in [0.05, 0.1) is 17.6 Å². The van der Waals surface area contributed by atoms with Crippen LogP contribution in [0.2, 0.25) is 0 Å². The van der Waals surface area contributed by atoms with Crippen LogP contribution in [0.4, 0.5) is 5.69 Å². The summed E-state index contributed by atoms with van der Waals surface area (Å²) in [5, 5.41) is 3.72. The Kier molecular flexibility index (Phi) is 5.60. The largest absolute Gasteiger partial charge is 0.325 e. The van der Waals surface area contributed by atoms with Gasteiger partial charge in [-0.3, -0.25) is 4.79 Å². The lowest BCUT2D eigenvalue weighted by molar-refractivity contribution is -0.113. The first-order valence-electron chi connectivity index (χ1n) is 7.80. The van der Waals surface area contributed by atoms with E-state index in [1.807, 2.05) is 73.3 Å². The third kappa shape index (κ3) is 4.52. The Morgan fingerprint density at radius 2 is 1.84 bits per heavy atom. The van der Waals surface area contributed by atoms with Crippen LogP contribution in [0.25, 0.3) is 11.3 Å². The lowest BCUT2D eigenvalue weighted by Gasteiger charge is -2.07. The maximum Gasteiger partial charge on any atom is 0.234 e. The van der Waals surface area contributed by atoms with E-state index in [1.165, 1.54) is 17.3 Å². The number of amides is 1. The molecule has 0 aliphatic rings. The Morgan fingerprint density at radius 1 is 1.16 bits per heavy atom. The second-order valence-electron chi connectivity index (χ2n) is 5.69. The molecular formula is C19H18BrN3OS. The molecule has 1 N–H and O–H groups in total. The molecule has 4 nitrogen and oxygen atoms in total. The number of imidazole rings is 1. The highest BCUT2D eigenvalue weighted by Gasteiger charge is 2.11. The highest BCUT2D eigenvalue weighted by atomic mass is 79.9. The van der Waals surface area contributed by atoms with Crippen molar-refractivity contribution in [2.24, 2.45) is 7.05 Å². The Labute approximate surface area is 159 Å². The van der Waals surface area contributed by atoms with E-state index in [2.05, 4.69) is 26.2 Å². The summed E-state index contributed by atoms with van der Waals surface area (Å²) in [5.74, 6) is 0.278. The molecule has 1 heterocycles. The van der Waals surface area contributed by atoms with Gasteiger partial charge in [-0.15, -0.1) is 0 Å². The van der Waals surface area contributed by atoms with E-state index in [9.17, 15) is 4.79 Å². The Bertz CT molecular complexity index is 873. The summed E-state index contributed by atoms with van der Waals surface area (Å²) in [6.45, 7) is 2.02. The number of carbonyl (C=O) groups is 1. The van der Waals surface area contributed by atoms with Crippen molar-refractivity contribution in [2.75, 3.05) is 11.1 Å². The number of aromatic nitrogens is 2. The van der Waals surface area contributed by atoms with E-state index in [0.717, 1.165) is 26.6 Å². The first-order valence-corrected chi connectivity index (χ1v) is 9.58. The zero-order valence-corrected chi connectivity index (χ0v) is 16.4. The standard InChI is InChI=1S/C19H18BrN3OS/c1-13-3-9-16(10-4-13)22-18(24)12-25-19-21-11-17(23(19)2)14-5-7-15(20)8-6-14/h3-11H,12H2,1-2H3,(H,22,24). The monoisotopic (exact) mass is 415 g/mol. The number of hydrogen-bond donors (Lipinski definition) is 1. The maximum atomic E-state index is 12.1. The van der Waals surface area contributed by atoms with Gasteiger partial charge in [0, 0.05) is 17.2 Å². The molecule has 3 aromatic rings. The zero-order valence-electron chi connectivity index (χ0n) is 14.0. The van der Waals surface area contributed by atoms with Gasteiger partial charge >= 0.3 is 0 Å². The molecule has 0 radical (unpaired) electrons. The number of anilines is 1. The molecule has 6 heteroatoms. The predicted octanol–water partition coefficient (Wildman–Crippen LogP) is 4.89. The lowest BCUT2D eigenvalue weighted by atomic mass is 10.2. The van der Waals surface area contributed by atoms with Crippen molar-refractivity contribution in [1.29, 1.82) is 0 Å². The quantitative estimate of drug-likeness (QED) is 0.603. The van der Waals surface area contributed by atoms with E-state index in [-0.39, 0.29) is 5.91 Å². The first-order chi connectivity index (χ1) is 12.0. The van der Waals surface area contributed by atoms with E-state index in [0.29, 0.717) is 5.75 Å². The summed E-state index contributed by atoms with van der Waals surface area (Å²) in [5.41, 5.74) is 4.09. The molecule has 128 valence electrons. The molecular weight excluding hydrogens is 398 g/mol. The van der Waals surface area contributed by atoms with Crippen LogP contribution in [0.5, 0.6) is 0 Å². The first kappa shape index (κ1) is 17.8. The minimum atomic E-state index is -0.0398. The van der Waals surface area contributed by atoms with Crippen LogP contribution < -0.4 is 5.32 Å². The highest BCUT2D eigenvalue weighted by molar-refractivity contribution is 9.10. The van der Waals surface area contributed by atoms with Crippen LogP contribution in [0.15, 0.2) is 64.4 Å². The summed E-state index contributed by atoms with van der Waals surface area (Å²) in [4.78, 5) is 16.6. The molecule has 0 aliphatic carbocycles. The average Bonchev–Trinajstić information content (AvgIpc) is 2.97. The molecule has 0 spiro atoms. The number of aryl methyl sites for hydroxylation is 1. The third-order valence-corrected chi connectivity index (χ3v) is 5.33.